The summed E-state index contributed by atoms with van der Waals surface area (Å²) in [5.74, 6) is 0.946. The number of benzene rings is 2. The van der Waals surface area contributed by atoms with Crippen LogP contribution in [-0.4, -0.2) is 70.2 Å². The van der Waals surface area contributed by atoms with Crippen molar-refractivity contribution in [2.75, 3.05) is 31.9 Å². The Bertz CT molecular complexity index is 1210. The topological polar surface area (TPSA) is 88.4 Å². The van der Waals surface area contributed by atoms with Crippen LogP contribution in [0.1, 0.15) is 6.92 Å². The van der Waals surface area contributed by atoms with Crippen molar-refractivity contribution in [2.24, 2.45) is 0 Å². The first-order valence-electron chi connectivity index (χ1n) is 10.5. The molecule has 0 N–H and O–H groups in total. The van der Waals surface area contributed by atoms with E-state index in [-0.39, 0.29) is 29.6 Å². The summed E-state index contributed by atoms with van der Waals surface area (Å²) >= 11 is 7.21. The Morgan fingerprint density at radius 2 is 1.67 bits per heavy atom. The number of hydrogen-bond acceptors (Lipinski definition) is 6. The molecule has 2 heterocycles. The number of sulfonamides is 1. The van der Waals surface area contributed by atoms with Gasteiger partial charge in [0.2, 0.25) is 15.9 Å². The minimum Gasteiger partial charge on any atom is -0.339 e. The second-order valence-corrected chi connectivity index (χ2v) is 10.8. The molecule has 1 aliphatic heterocycles. The van der Waals surface area contributed by atoms with Gasteiger partial charge in [-0.15, -0.1) is 10.2 Å². The van der Waals surface area contributed by atoms with E-state index < -0.39 is 10.0 Å². The Morgan fingerprint density at radius 1 is 1.00 bits per heavy atom. The van der Waals surface area contributed by atoms with Crippen LogP contribution < -0.4 is 0 Å². The maximum absolute atomic E-state index is 12.8. The number of carbonyl (C=O) groups excluding carboxylic acids is 1. The molecule has 174 valence electrons. The Kier molecular flexibility index (Phi) is 7.38. The van der Waals surface area contributed by atoms with Crippen LogP contribution in [-0.2, 0) is 21.4 Å². The van der Waals surface area contributed by atoms with E-state index in [4.69, 9.17) is 11.6 Å². The van der Waals surface area contributed by atoms with Gasteiger partial charge in [0.25, 0.3) is 0 Å². The van der Waals surface area contributed by atoms with Crippen LogP contribution >= 0.6 is 23.4 Å². The fourth-order valence-corrected chi connectivity index (χ4v) is 6.09. The van der Waals surface area contributed by atoms with E-state index >= 15 is 0 Å². The molecule has 0 atom stereocenters. The molecular weight excluding hydrogens is 482 g/mol. The molecule has 1 amide bonds. The normalized spacial score (nSPS) is 15.0. The first kappa shape index (κ1) is 23.7. The SMILES string of the molecule is CCn1c(SCC(=O)N2CCN(S(=O)(=O)c3ccc(Cl)cc3)CC2)nnc1-c1ccccc1. The Balaban J connectivity index is 1.35. The minimum atomic E-state index is -3.61. The largest absolute Gasteiger partial charge is 0.339 e. The number of carbonyl (C=O) groups is 1. The fraction of sp³-hybridized carbons (Fsp3) is 0.318. The first-order chi connectivity index (χ1) is 15.9. The molecule has 4 rings (SSSR count). The average molecular weight is 506 g/mol. The highest BCUT2D eigenvalue weighted by molar-refractivity contribution is 7.99. The number of thioether (sulfide) groups is 1. The van der Waals surface area contributed by atoms with Crippen LogP contribution in [0.15, 0.2) is 64.6 Å². The van der Waals surface area contributed by atoms with E-state index in [1.165, 1.54) is 28.2 Å². The highest BCUT2D eigenvalue weighted by Gasteiger charge is 2.30. The van der Waals surface area contributed by atoms with Gasteiger partial charge >= 0.3 is 0 Å². The summed E-state index contributed by atoms with van der Waals surface area (Å²) in [6.45, 7) is 3.91. The molecule has 0 unspecified atom stereocenters. The van der Waals surface area contributed by atoms with E-state index in [0.717, 1.165) is 11.4 Å². The Labute approximate surface area is 202 Å². The van der Waals surface area contributed by atoms with Crippen molar-refractivity contribution in [2.45, 2.75) is 23.5 Å². The maximum Gasteiger partial charge on any atom is 0.243 e. The lowest BCUT2D eigenvalue weighted by molar-refractivity contribution is -0.129. The summed E-state index contributed by atoms with van der Waals surface area (Å²) in [5, 5.41) is 9.75. The lowest BCUT2D eigenvalue weighted by Gasteiger charge is -2.34. The molecular formula is C22H24ClN5O3S2. The van der Waals surface area contributed by atoms with Crippen LogP contribution in [0.4, 0.5) is 0 Å². The predicted molar refractivity (Wildman–Crippen MR) is 129 cm³/mol. The van der Waals surface area contributed by atoms with Crippen molar-refractivity contribution in [1.82, 2.24) is 24.0 Å². The van der Waals surface area contributed by atoms with E-state index in [9.17, 15) is 13.2 Å². The van der Waals surface area contributed by atoms with Crippen molar-refractivity contribution in [3.63, 3.8) is 0 Å². The second kappa shape index (κ2) is 10.3. The van der Waals surface area contributed by atoms with E-state index in [0.29, 0.717) is 29.8 Å². The molecule has 0 bridgehead atoms. The van der Waals surface area contributed by atoms with E-state index in [2.05, 4.69) is 10.2 Å². The predicted octanol–water partition coefficient (Wildman–Crippen LogP) is 3.24. The van der Waals surface area contributed by atoms with Gasteiger partial charge in [-0.2, -0.15) is 4.31 Å². The monoisotopic (exact) mass is 505 g/mol. The molecule has 33 heavy (non-hydrogen) atoms. The minimum absolute atomic E-state index is 0.0459. The highest BCUT2D eigenvalue weighted by atomic mass is 35.5. The van der Waals surface area contributed by atoms with Crippen LogP contribution in [0.3, 0.4) is 0 Å². The molecule has 1 saturated heterocycles. The standard InChI is InChI=1S/C22H24ClN5O3S2/c1-2-28-21(17-6-4-3-5-7-17)24-25-22(28)32-16-20(29)26-12-14-27(15-13-26)33(30,31)19-10-8-18(23)9-11-19/h3-11H,2,12-16H2,1H3. The molecule has 0 aliphatic carbocycles. The number of amides is 1. The maximum atomic E-state index is 12.8. The molecule has 11 heteroatoms. The van der Waals surface area contributed by atoms with Gasteiger partial charge in [0.15, 0.2) is 11.0 Å². The zero-order chi connectivity index (χ0) is 23.4. The third kappa shape index (κ3) is 5.24. The molecule has 1 fully saturated rings. The summed E-state index contributed by atoms with van der Waals surface area (Å²) in [7, 11) is -3.61. The van der Waals surface area contributed by atoms with Crippen LogP contribution in [0.5, 0.6) is 0 Å². The molecule has 3 aromatic rings. The zero-order valence-electron chi connectivity index (χ0n) is 18.1. The molecule has 0 spiro atoms. The van der Waals surface area contributed by atoms with Crippen LogP contribution in [0.25, 0.3) is 11.4 Å². The van der Waals surface area contributed by atoms with Gasteiger partial charge in [0.1, 0.15) is 0 Å². The number of hydrogen-bond donors (Lipinski definition) is 0. The zero-order valence-corrected chi connectivity index (χ0v) is 20.5. The third-order valence-corrected chi connectivity index (χ3v) is 8.55. The molecule has 8 nitrogen and oxygen atoms in total. The third-order valence-electron chi connectivity index (χ3n) is 5.43. The van der Waals surface area contributed by atoms with Gasteiger partial charge in [-0.1, -0.05) is 53.7 Å². The number of piperazine rings is 1. The number of halogens is 1. The lowest BCUT2D eigenvalue weighted by atomic mass is 10.2. The van der Waals surface area contributed by atoms with Crippen molar-refractivity contribution in [3.05, 3.63) is 59.6 Å². The van der Waals surface area contributed by atoms with Crippen LogP contribution in [0.2, 0.25) is 5.02 Å². The number of rotatable bonds is 7. The molecule has 2 aromatic carbocycles. The van der Waals surface area contributed by atoms with Gasteiger partial charge < -0.3 is 9.47 Å². The Morgan fingerprint density at radius 3 is 2.30 bits per heavy atom. The van der Waals surface area contributed by atoms with Gasteiger partial charge in [-0.05, 0) is 31.2 Å². The quantitative estimate of drug-likeness (QED) is 0.458. The summed E-state index contributed by atoms with van der Waals surface area (Å²) in [4.78, 5) is 14.7. The van der Waals surface area contributed by atoms with Crippen molar-refractivity contribution in [1.29, 1.82) is 0 Å². The summed E-state index contributed by atoms with van der Waals surface area (Å²) in [6, 6.07) is 15.9. The van der Waals surface area contributed by atoms with Gasteiger partial charge in [-0.3, -0.25) is 4.79 Å². The first-order valence-corrected chi connectivity index (χ1v) is 13.4. The molecule has 0 radical (unpaired) electrons. The number of nitrogens with zero attached hydrogens (tertiary/aromatic N) is 5. The summed E-state index contributed by atoms with van der Waals surface area (Å²) in [5.41, 5.74) is 0.975. The average Bonchev–Trinajstić information content (AvgIpc) is 3.26. The summed E-state index contributed by atoms with van der Waals surface area (Å²) < 4.78 is 29.1. The Hall–Kier alpha value is -2.40. The lowest BCUT2D eigenvalue weighted by Crippen LogP contribution is -2.50. The smallest absolute Gasteiger partial charge is 0.243 e. The van der Waals surface area contributed by atoms with Gasteiger partial charge in [0, 0.05) is 43.3 Å². The molecule has 0 saturated carbocycles. The van der Waals surface area contributed by atoms with Crippen molar-refractivity contribution >= 4 is 39.3 Å². The molecule has 1 aromatic heterocycles. The van der Waals surface area contributed by atoms with Gasteiger partial charge in [0.05, 0.1) is 10.6 Å². The van der Waals surface area contributed by atoms with E-state index in [1.807, 2.05) is 41.8 Å². The summed E-state index contributed by atoms with van der Waals surface area (Å²) in [6.07, 6.45) is 0. The van der Waals surface area contributed by atoms with Crippen molar-refractivity contribution in [3.8, 4) is 11.4 Å². The van der Waals surface area contributed by atoms with Crippen molar-refractivity contribution < 1.29 is 13.2 Å². The number of aromatic nitrogens is 3. The highest BCUT2D eigenvalue weighted by Crippen LogP contribution is 2.25. The van der Waals surface area contributed by atoms with E-state index in [1.54, 1.807) is 17.0 Å². The van der Waals surface area contributed by atoms with Gasteiger partial charge in [-0.25, -0.2) is 8.42 Å². The second-order valence-electron chi connectivity index (χ2n) is 7.44. The van der Waals surface area contributed by atoms with Crippen LogP contribution in [0, 0.1) is 0 Å². The molecule has 1 aliphatic rings. The fourth-order valence-electron chi connectivity index (χ4n) is 3.63.